The summed E-state index contributed by atoms with van der Waals surface area (Å²) < 4.78 is 65.9. The number of nitrogens with zero attached hydrogens (tertiary/aromatic N) is 1. The van der Waals surface area contributed by atoms with Crippen molar-refractivity contribution in [2.24, 2.45) is 0 Å². The molecular formula is C22H35F2N4O10P. The van der Waals surface area contributed by atoms with Crippen LogP contribution in [-0.2, 0) is 32.9 Å². The molecule has 0 radical (unpaired) electrons. The minimum absolute atomic E-state index is 0.524. The lowest BCUT2D eigenvalue weighted by molar-refractivity contribution is -0.203. The van der Waals surface area contributed by atoms with E-state index in [0.29, 0.717) is 4.57 Å². The van der Waals surface area contributed by atoms with Crippen LogP contribution in [-0.4, -0.2) is 75.1 Å². The van der Waals surface area contributed by atoms with Crippen LogP contribution in [0.5, 0.6) is 0 Å². The fraction of sp³-hybridized carbons (Fsp3) is 0.727. The molecule has 0 spiro atoms. The lowest BCUT2D eigenvalue weighted by Gasteiger charge is -2.30. The second-order valence-electron chi connectivity index (χ2n) is 9.83. The number of carbonyl (C=O) groups excluding carboxylic acids is 2. The van der Waals surface area contributed by atoms with E-state index in [9.17, 15) is 28.8 Å². The Bertz CT molecular complexity index is 1170. The molecule has 0 amide bonds. The first-order chi connectivity index (χ1) is 17.8. The van der Waals surface area contributed by atoms with Crippen molar-refractivity contribution < 1.29 is 46.8 Å². The molecule has 0 saturated carbocycles. The topological polar surface area (TPSA) is 187 Å². The number of H-pyrrole nitrogens is 1. The van der Waals surface area contributed by atoms with Gasteiger partial charge >= 0.3 is 25.3 Å². The number of ether oxygens (including phenoxy) is 3. The second kappa shape index (κ2) is 12.4. The molecule has 0 aliphatic carbocycles. The number of hydrogen-bond acceptors (Lipinski definition) is 10. The number of nitrogens with one attached hydrogen (secondary N) is 3. The molecule has 0 bridgehead atoms. The number of esters is 2. The number of hydrogen-bond donors (Lipinski definition) is 4. The zero-order valence-corrected chi connectivity index (χ0v) is 23.5. The van der Waals surface area contributed by atoms with Crippen LogP contribution < -0.4 is 21.4 Å². The molecule has 1 aromatic heterocycles. The van der Waals surface area contributed by atoms with Crippen LogP contribution in [0.25, 0.3) is 0 Å². The highest BCUT2D eigenvalue weighted by Crippen LogP contribution is 2.49. The van der Waals surface area contributed by atoms with E-state index in [4.69, 9.17) is 18.7 Å². The van der Waals surface area contributed by atoms with Gasteiger partial charge in [-0.2, -0.15) is 0 Å². The lowest BCUT2D eigenvalue weighted by atomic mass is 9.97. The van der Waals surface area contributed by atoms with Gasteiger partial charge in [0.05, 0.1) is 12.2 Å². The second-order valence-corrected chi connectivity index (χ2v) is 11.7. The predicted octanol–water partition coefficient (Wildman–Crippen LogP) is 0.804. The summed E-state index contributed by atoms with van der Waals surface area (Å²) >= 11 is 0. The molecule has 1 fully saturated rings. The minimum Gasteiger partial charge on any atom is -0.462 e. The number of alkyl halides is 2. The highest BCUT2D eigenvalue weighted by Gasteiger charge is 2.65. The number of aromatic nitrogens is 2. The van der Waals surface area contributed by atoms with Gasteiger partial charge in [-0.1, -0.05) is 0 Å². The number of halogens is 2. The number of aromatic amines is 1. The molecule has 1 aromatic rings. The van der Waals surface area contributed by atoms with Crippen LogP contribution in [0.4, 0.5) is 8.78 Å². The monoisotopic (exact) mass is 584 g/mol. The summed E-state index contributed by atoms with van der Waals surface area (Å²) in [6.07, 6.45) is -4.84. The Balaban J connectivity index is 2.33. The number of aliphatic hydroxyl groups excluding tert-OH is 1. The van der Waals surface area contributed by atoms with E-state index >= 15 is 8.78 Å². The van der Waals surface area contributed by atoms with Crippen LogP contribution in [0.15, 0.2) is 21.9 Å². The van der Waals surface area contributed by atoms with E-state index in [1.165, 1.54) is 13.8 Å². The van der Waals surface area contributed by atoms with E-state index in [-0.39, 0.29) is 0 Å². The van der Waals surface area contributed by atoms with Crippen molar-refractivity contribution in [1.29, 1.82) is 0 Å². The molecule has 1 aliphatic rings. The van der Waals surface area contributed by atoms with E-state index in [0.717, 1.165) is 19.2 Å². The molecule has 0 aromatic carbocycles. The number of aliphatic hydroxyl groups is 1. The lowest BCUT2D eigenvalue weighted by Crippen LogP contribution is -2.48. The smallest absolute Gasteiger partial charge is 0.342 e. The van der Waals surface area contributed by atoms with Gasteiger partial charge in [0.2, 0.25) is 0 Å². The molecule has 14 nitrogen and oxygen atoms in total. The first-order valence-corrected chi connectivity index (χ1v) is 13.7. The van der Waals surface area contributed by atoms with Crippen LogP contribution in [0.2, 0.25) is 0 Å². The van der Waals surface area contributed by atoms with Gasteiger partial charge in [0.25, 0.3) is 11.4 Å². The molecule has 17 heteroatoms. The zero-order chi connectivity index (χ0) is 29.9. The van der Waals surface area contributed by atoms with Gasteiger partial charge in [-0.3, -0.25) is 33.0 Å². The first kappa shape index (κ1) is 32.7. The zero-order valence-electron chi connectivity index (χ0n) is 22.6. The summed E-state index contributed by atoms with van der Waals surface area (Å²) in [4.78, 5) is 49.9. The standard InChI is InChI=1S/C22H35F2N4O10P/c1-11(2)36-16(30)13(5)26-39(34,27-14(6)17(31)37-12(3)4)35-10-22(24)18(32)21(7,23)19(38-22)28-9-8-15(29)25-20(28)33/h8-9,11-14,18-19,32H,10H2,1-7H3,(H,25,29,33)(H2,26,27,34)/t13-,14-,18-,19+,21+,22+/m0/s1. The van der Waals surface area contributed by atoms with Gasteiger partial charge < -0.3 is 19.3 Å². The van der Waals surface area contributed by atoms with Crippen molar-refractivity contribution in [1.82, 2.24) is 19.7 Å². The molecule has 4 N–H and O–H groups in total. The summed E-state index contributed by atoms with van der Waals surface area (Å²) in [5, 5.41) is 15.1. The third-order valence-electron chi connectivity index (χ3n) is 5.42. The fourth-order valence-electron chi connectivity index (χ4n) is 3.55. The highest BCUT2D eigenvalue weighted by atomic mass is 31.2. The van der Waals surface area contributed by atoms with Crippen molar-refractivity contribution >= 4 is 19.6 Å². The Morgan fingerprint density at radius 3 is 2.03 bits per heavy atom. The Hall–Kier alpha value is -2.49. The third kappa shape index (κ3) is 8.02. The normalized spacial score (nSPS) is 27.0. The van der Waals surface area contributed by atoms with Crippen molar-refractivity contribution in [2.75, 3.05) is 6.61 Å². The average Bonchev–Trinajstić information content (AvgIpc) is 2.97. The van der Waals surface area contributed by atoms with Crippen LogP contribution in [0.1, 0.15) is 54.7 Å². The molecule has 2 rings (SSSR count). The fourth-order valence-corrected chi connectivity index (χ4v) is 5.36. The number of carbonyl (C=O) groups is 2. The maximum Gasteiger partial charge on any atom is 0.342 e. The summed E-state index contributed by atoms with van der Waals surface area (Å²) in [7, 11) is -4.57. The molecule has 1 saturated heterocycles. The Kier molecular flexibility index (Phi) is 10.4. The number of rotatable bonds is 12. The van der Waals surface area contributed by atoms with Gasteiger partial charge in [-0.05, 0) is 48.5 Å². The van der Waals surface area contributed by atoms with Crippen molar-refractivity contribution in [2.45, 2.75) is 96.6 Å². The Morgan fingerprint density at radius 2 is 1.59 bits per heavy atom. The quantitative estimate of drug-likeness (QED) is 0.200. The molecule has 2 heterocycles. The molecular weight excluding hydrogens is 549 g/mol. The maximum absolute atomic E-state index is 15.8. The summed E-state index contributed by atoms with van der Waals surface area (Å²) in [5.74, 6) is -5.09. The Morgan fingerprint density at radius 1 is 1.10 bits per heavy atom. The van der Waals surface area contributed by atoms with Crippen LogP contribution in [0, 0.1) is 0 Å². The summed E-state index contributed by atoms with van der Waals surface area (Å²) in [5.41, 5.74) is -4.88. The molecule has 1 aliphatic heterocycles. The average molecular weight is 585 g/mol. The molecule has 39 heavy (non-hydrogen) atoms. The van der Waals surface area contributed by atoms with Crippen molar-refractivity contribution in [3.8, 4) is 0 Å². The van der Waals surface area contributed by atoms with Crippen molar-refractivity contribution in [3.05, 3.63) is 33.1 Å². The van der Waals surface area contributed by atoms with Gasteiger partial charge in [0, 0.05) is 12.3 Å². The van der Waals surface area contributed by atoms with Gasteiger partial charge in [-0.15, -0.1) is 0 Å². The van der Waals surface area contributed by atoms with Crippen molar-refractivity contribution in [3.63, 3.8) is 0 Å². The first-order valence-electron chi connectivity index (χ1n) is 12.1. The third-order valence-corrected chi connectivity index (χ3v) is 7.37. The Labute approximate surface area is 222 Å². The van der Waals surface area contributed by atoms with E-state index in [2.05, 4.69) is 10.2 Å². The predicted molar refractivity (Wildman–Crippen MR) is 132 cm³/mol. The van der Waals surface area contributed by atoms with E-state index in [1.54, 1.807) is 27.7 Å². The van der Waals surface area contributed by atoms with Crippen LogP contribution >= 0.6 is 7.67 Å². The van der Waals surface area contributed by atoms with E-state index in [1.807, 2.05) is 4.98 Å². The van der Waals surface area contributed by atoms with Crippen LogP contribution in [0.3, 0.4) is 0 Å². The SMILES string of the molecule is CC(C)OC(=O)[C@H](C)NP(=O)(N[C@@H](C)C(=O)OC(C)C)OC[C@@]1(F)O[C@@H](n2ccc(=O)[nH]c2=O)[C@](C)(F)[C@@H]1O. The van der Waals surface area contributed by atoms with Gasteiger partial charge in [-0.25, -0.2) is 23.7 Å². The van der Waals surface area contributed by atoms with E-state index < -0.39 is 85.6 Å². The molecule has 222 valence electrons. The van der Waals surface area contributed by atoms with Gasteiger partial charge in [0.1, 0.15) is 18.7 Å². The summed E-state index contributed by atoms with van der Waals surface area (Å²) in [6, 6.07) is -1.75. The largest absolute Gasteiger partial charge is 0.462 e. The highest BCUT2D eigenvalue weighted by molar-refractivity contribution is 7.54. The maximum atomic E-state index is 15.8. The van der Waals surface area contributed by atoms with Gasteiger partial charge in [0.15, 0.2) is 18.0 Å². The molecule has 0 unspecified atom stereocenters. The minimum atomic E-state index is -4.57. The summed E-state index contributed by atoms with van der Waals surface area (Å²) in [6.45, 7) is 8.20. The molecule has 6 atom stereocenters.